The summed E-state index contributed by atoms with van der Waals surface area (Å²) in [4.78, 5) is 34.5. The molecule has 0 spiro atoms. The summed E-state index contributed by atoms with van der Waals surface area (Å²) in [6, 6.07) is 5.87. The van der Waals surface area contributed by atoms with Crippen molar-refractivity contribution in [1.29, 1.82) is 0 Å². The second-order valence-electron chi connectivity index (χ2n) is 6.01. The topological polar surface area (TPSA) is 56.8 Å². The van der Waals surface area contributed by atoms with E-state index in [0.717, 1.165) is 25.3 Å². The molecule has 2 aliphatic heterocycles. The van der Waals surface area contributed by atoms with Gasteiger partial charge in [-0.2, -0.15) is 0 Å². The maximum atomic E-state index is 12.6. The summed E-state index contributed by atoms with van der Waals surface area (Å²) in [7, 11) is 1.80. The number of pyridine rings is 1. The number of rotatable bonds is 2. The zero-order valence-corrected chi connectivity index (χ0v) is 12.9. The molecular weight excluding hydrogens is 280 g/mol. The molecule has 0 aromatic carbocycles. The standard InChI is InChI=1S/C16H22N4O2/c1-18-7-5-13(12-15(18)21)16(22)20-10-8-19(9-11-20)14-4-2-3-6-17-14/h2-4,6,13H,5,7-12H2,1H3. The Kier molecular flexibility index (Phi) is 4.27. The molecule has 2 amide bonds. The second kappa shape index (κ2) is 6.34. The number of amides is 2. The Balaban J connectivity index is 1.55. The van der Waals surface area contributed by atoms with Gasteiger partial charge in [-0.25, -0.2) is 4.98 Å². The van der Waals surface area contributed by atoms with Crippen LogP contribution in [0.1, 0.15) is 12.8 Å². The van der Waals surface area contributed by atoms with Crippen LogP contribution in [0.5, 0.6) is 0 Å². The monoisotopic (exact) mass is 302 g/mol. The number of likely N-dealkylation sites (tertiary alicyclic amines) is 1. The highest BCUT2D eigenvalue weighted by Crippen LogP contribution is 2.21. The normalized spacial score (nSPS) is 22.9. The van der Waals surface area contributed by atoms with Crippen LogP contribution < -0.4 is 4.90 Å². The lowest BCUT2D eigenvalue weighted by Crippen LogP contribution is -2.52. The summed E-state index contributed by atoms with van der Waals surface area (Å²) >= 11 is 0. The Morgan fingerprint density at radius 3 is 2.59 bits per heavy atom. The maximum Gasteiger partial charge on any atom is 0.226 e. The van der Waals surface area contributed by atoms with Crippen LogP contribution >= 0.6 is 0 Å². The van der Waals surface area contributed by atoms with Gasteiger partial charge in [-0.3, -0.25) is 9.59 Å². The molecule has 2 aliphatic rings. The first-order valence-corrected chi connectivity index (χ1v) is 7.84. The van der Waals surface area contributed by atoms with E-state index in [1.54, 1.807) is 18.1 Å². The number of piperidine rings is 1. The van der Waals surface area contributed by atoms with E-state index in [2.05, 4.69) is 9.88 Å². The van der Waals surface area contributed by atoms with Crippen LogP contribution in [0.3, 0.4) is 0 Å². The average molecular weight is 302 g/mol. The zero-order chi connectivity index (χ0) is 15.5. The Hall–Kier alpha value is -2.11. The van der Waals surface area contributed by atoms with Crippen LogP contribution in [-0.4, -0.2) is 66.4 Å². The Bertz CT molecular complexity index is 540. The number of piperazine rings is 1. The van der Waals surface area contributed by atoms with E-state index < -0.39 is 0 Å². The van der Waals surface area contributed by atoms with E-state index in [9.17, 15) is 9.59 Å². The van der Waals surface area contributed by atoms with Crippen molar-refractivity contribution in [2.45, 2.75) is 12.8 Å². The summed E-state index contributed by atoms with van der Waals surface area (Å²) in [5, 5.41) is 0. The molecule has 2 fully saturated rings. The first-order chi connectivity index (χ1) is 10.6. The lowest BCUT2D eigenvalue weighted by molar-refractivity contribution is -0.144. The molecule has 3 heterocycles. The average Bonchev–Trinajstić information content (AvgIpc) is 2.58. The van der Waals surface area contributed by atoms with Crippen molar-refractivity contribution in [1.82, 2.24) is 14.8 Å². The second-order valence-corrected chi connectivity index (χ2v) is 6.01. The van der Waals surface area contributed by atoms with Gasteiger partial charge < -0.3 is 14.7 Å². The number of hydrogen-bond acceptors (Lipinski definition) is 4. The molecule has 0 bridgehead atoms. The van der Waals surface area contributed by atoms with E-state index in [1.807, 2.05) is 23.1 Å². The molecule has 118 valence electrons. The molecule has 22 heavy (non-hydrogen) atoms. The third-order valence-electron chi connectivity index (χ3n) is 4.57. The quantitative estimate of drug-likeness (QED) is 0.803. The third kappa shape index (κ3) is 3.05. The largest absolute Gasteiger partial charge is 0.353 e. The highest BCUT2D eigenvalue weighted by molar-refractivity contribution is 5.87. The molecule has 0 radical (unpaired) electrons. The molecule has 2 saturated heterocycles. The van der Waals surface area contributed by atoms with Gasteiger partial charge in [0.1, 0.15) is 5.82 Å². The predicted molar refractivity (Wildman–Crippen MR) is 83.4 cm³/mol. The van der Waals surface area contributed by atoms with E-state index in [4.69, 9.17) is 0 Å². The first-order valence-electron chi connectivity index (χ1n) is 7.84. The molecule has 0 N–H and O–H groups in total. The van der Waals surface area contributed by atoms with Crippen LogP contribution in [0.2, 0.25) is 0 Å². The first kappa shape index (κ1) is 14.8. The molecule has 1 aromatic rings. The molecule has 0 aliphatic carbocycles. The van der Waals surface area contributed by atoms with E-state index >= 15 is 0 Å². The Morgan fingerprint density at radius 1 is 1.18 bits per heavy atom. The van der Waals surface area contributed by atoms with Gasteiger partial charge >= 0.3 is 0 Å². The minimum absolute atomic E-state index is 0.0803. The number of anilines is 1. The molecule has 1 aromatic heterocycles. The van der Waals surface area contributed by atoms with Crippen LogP contribution in [0, 0.1) is 5.92 Å². The number of aromatic nitrogens is 1. The van der Waals surface area contributed by atoms with Crippen LogP contribution in [0.25, 0.3) is 0 Å². The third-order valence-corrected chi connectivity index (χ3v) is 4.57. The Labute approximate surface area is 130 Å². The fraction of sp³-hybridized carbons (Fsp3) is 0.562. The lowest BCUT2D eigenvalue weighted by atomic mass is 9.94. The van der Waals surface area contributed by atoms with E-state index in [-0.39, 0.29) is 17.7 Å². The van der Waals surface area contributed by atoms with E-state index in [0.29, 0.717) is 26.1 Å². The molecule has 0 saturated carbocycles. The van der Waals surface area contributed by atoms with Gasteiger partial charge in [0, 0.05) is 58.3 Å². The number of nitrogens with zero attached hydrogens (tertiary/aromatic N) is 4. The summed E-state index contributed by atoms with van der Waals surface area (Å²) in [6.07, 6.45) is 2.92. The van der Waals surface area contributed by atoms with Gasteiger partial charge in [0.15, 0.2) is 0 Å². The molecule has 1 atom stereocenters. The van der Waals surface area contributed by atoms with Crippen molar-refractivity contribution in [3.8, 4) is 0 Å². The fourth-order valence-electron chi connectivity index (χ4n) is 3.11. The minimum atomic E-state index is -0.134. The summed E-state index contributed by atoms with van der Waals surface area (Å²) in [5.74, 6) is 1.05. The smallest absolute Gasteiger partial charge is 0.226 e. The molecular formula is C16H22N4O2. The van der Waals surface area contributed by atoms with Gasteiger partial charge in [-0.05, 0) is 18.6 Å². The van der Waals surface area contributed by atoms with E-state index in [1.165, 1.54) is 0 Å². The molecule has 6 heteroatoms. The van der Waals surface area contributed by atoms with Crippen molar-refractivity contribution < 1.29 is 9.59 Å². The van der Waals surface area contributed by atoms with Crippen molar-refractivity contribution in [3.05, 3.63) is 24.4 Å². The van der Waals surface area contributed by atoms with Crippen LogP contribution in [0.4, 0.5) is 5.82 Å². The predicted octanol–water partition coefficient (Wildman–Crippen LogP) is 0.599. The van der Waals surface area contributed by atoms with Crippen LogP contribution in [0.15, 0.2) is 24.4 Å². The molecule has 3 rings (SSSR count). The zero-order valence-electron chi connectivity index (χ0n) is 12.9. The van der Waals surface area contributed by atoms with Crippen LogP contribution in [-0.2, 0) is 9.59 Å². The summed E-state index contributed by atoms with van der Waals surface area (Å²) < 4.78 is 0. The van der Waals surface area contributed by atoms with Crippen molar-refractivity contribution in [2.75, 3.05) is 44.7 Å². The van der Waals surface area contributed by atoms with Gasteiger partial charge in [0.25, 0.3) is 0 Å². The van der Waals surface area contributed by atoms with Gasteiger partial charge in [0.05, 0.1) is 0 Å². The molecule has 6 nitrogen and oxygen atoms in total. The lowest BCUT2D eigenvalue weighted by Gasteiger charge is -2.38. The van der Waals surface area contributed by atoms with Gasteiger partial charge in [0.2, 0.25) is 11.8 Å². The highest BCUT2D eigenvalue weighted by Gasteiger charge is 2.32. The summed E-state index contributed by atoms with van der Waals surface area (Å²) in [5.41, 5.74) is 0. The number of carbonyl (C=O) groups is 2. The fourth-order valence-corrected chi connectivity index (χ4v) is 3.11. The SMILES string of the molecule is CN1CCC(C(=O)N2CCN(c3ccccn3)CC2)CC1=O. The Morgan fingerprint density at radius 2 is 1.95 bits per heavy atom. The number of carbonyl (C=O) groups excluding carboxylic acids is 2. The highest BCUT2D eigenvalue weighted by atomic mass is 16.2. The van der Waals surface area contributed by atoms with Gasteiger partial charge in [-0.1, -0.05) is 6.07 Å². The number of hydrogen-bond donors (Lipinski definition) is 0. The maximum absolute atomic E-state index is 12.6. The van der Waals surface area contributed by atoms with Gasteiger partial charge in [-0.15, -0.1) is 0 Å². The van der Waals surface area contributed by atoms with Crippen molar-refractivity contribution in [3.63, 3.8) is 0 Å². The molecule has 1 unspecified atom stereocenters. The minimum Gasteiger partial charge on any atom is -0.353 e. The van der Waals surface area contributed by atoms with Crippen molar-refractivity contribution in [2.24, 2.45) is 5.92 Å². The van der Waals surface area contributed by atoms with Crippen molar-refractivity contribution >= 4 is 17.6 Å². The summed E-state index contributed by atoms with van der Waals surface area (Å²) in [6.45, 7) is 3.68.